The summed E-state index contributed by atoms with van der Waals surface area (Å²) >= 11 is 1.52. The number of nitrogens with zero attached hydrogens (tertiary/aromatic N) is 1. The molecule has 4 aromatic rings. The van der Waals surface area contributed by atoms with E-state index < -0.39 is 0 Å². The maximum atomic E-state index is 12.4. The predicted octanol–water partition coefficient (Wildman–Crippen LogP) is 5.42. The van der Waals surface area contributed by atoms with Crippen LogP contribution in [0.3, 0.4) is 0 Å². The second-order valence-electron chi connectivity index (χ2n) is 8.03. The molecule has 6 heteroatoms. The SMILES string of the molecule is Cc1ccc(NC(=O)CSc2cn(CCNC(=O)c3ccc(C)cc3)c3ccccc23)cc1. The van der Waals surface area contributed by atoms with Crippen LogP contribution in [0, 0.1) is 13.8 Å². The fourth-order valence-corrected chi connectivity index (χ4v) is 4.48. The van der Waals surface area contributed by atoms with E-state index >= 15 is 0 Å². The molecule has 5 nitrogen and oxygen atoms in total. The van der Waals surface area contributed by atoms with Crippen molar-refractivity contribution in [2.75, 3.05) is 17.6 Å². The molecule has 0 aliphatic heterocycles. The maximum absolute atomic E-state index is 12.4. The molecule has 0 aliphatic carbocycles. The fourth-order valence-electron chi connectivity index (χ4n) is 3.59. The Hall–Kier alpha value is -3.51. The summed E-state index contributed by atoms with van der Waals surface area (Å²) in [6.45, 7) is 5.18. The normalized spacial score (nSPS) is 10.8. The van der Waals surface area contributed by atoms with Gasteiger partial charge in [0.05, 0.1) is 5.75 Å². The number of amides is 2. The third-order valence-corrected chi connectivity index (χ3v) is 6.44. The fraction of sp³-hybridized carbons (Fsp3) is 0.185. The average molecular weight is 458 g/mol. The Morgan fingerprint density at radius 3 is 2.27 bits per heavy atom. The van der Waals surface area contributed by atoms with Crippen molar-refractivity contribution in [3.8, 4) is 0 Å². The molecule has 1 heterocycles. The second kappa shape index (κ2) is 10.4. The van der Waals surface area contributed by atoms with Crippen LogP contribution in [-0.4, -0.2) is 28.7 Å². The van der Waals surface area contributed by atoms with Gasteiger partial charge in [0, 0.05) is 46.3 Å². The van der Waals surface area contributed by atoms with Gasteiger partial charge in [0.2, 0.25) is 5.91 Å². The second-order valence-corrected chi connectivity index (χ2v) is 9.05. The number of carbonyl (C=O) groups excluding carboxylic acids is 2. The molecule has 2 amide bonds. The highest BCUT2D eigenvalue weighted by atomic mass is 32.2. The lowest BCUT2D eigenvalue weighted by molar-refractivity contribution is -0.113. The Bertz CT molecular complexity index is 1260. The molecule has 0 spiro atoms. The van der Waals surface area contributed by atoms with Crippen LogP contribution < -0.4 is 10.6 Å². The quantitative estimate of drug-likeness (QED) is 0.347. The lowest BCUT2D eigenvalue weighted by atomic mass is 10.1. The molecule has 0 radical (unpaired) electrons. The summed E-state index contributed by atoms with van der Waals surface area (Å²) in [5.41, 5.74) is 4.84. The molecule has 0 aliphatic rings. The van der Waals surface area contributed by atoms with E-state index in [0.717, 1.165) is 32.6 Å². The topological polar surface area (TPSA) is 63.1 Å². The summed E-state index contributed by atoms with van der Waals surface area (Å²) in [7, 11) is 0. The number of thioether (sulfide) groups is 1. The molecular weight excluding hydrogens is 430 g/mol. The molecule has 168 valence electrons. The molecule has 0 atom stereocenters. The van der Waals surface area contributed by atoms with E-state index in [-0.39, 0.29) is 11.8 Å². The van der Waals surface area contributed by atoms with E-state index in [1.54, 1.807) is 0 Å². The van der Waals surface area contributed by atoms with Crippen molar-refractivity contribution < 1.29 is 9.59 Å². The third-order valence-electron chi connectivity index (χ3n) is 5.40. The Kier molecular flexibility index (Phi) is 7.15. The van der Waals surface area contributed by atoms with Gasteiger partial charge >= 0.3 is 0 Å². The number of aryl methyl sites for hydroxylation is 2. The number of aromatic nitrogens is 1. The number of hydrogen-bond donors (Lipinski definition) is 2. The Balaban J connectivity index is 1.37. The Morgan fingerprint density at radius 2 is 1.55 bits per heavy atom. The molecule has 3 aromatic carbocycles. The van der Waals surface area contributed by atoms with E-state index in [9.17, 15) is 9.59 Å². The first-order valence-corrected chi connectivity index (χ1v) is 11.9. The van der Waals surface area contributed by atoms with Gasteiger partial charge in [-0.2, -0.15) is 0 Å². The average Bonchev–Trinajstić information content (AvgIpc) is 3.17. The summed E-state index contributed by atoms with van der Waals surface area (Å²) < 4.78 is 2.13. The van der Waals surface area contributed by atoms with Crippen LogP contribution in [0.2, 0.25) is 0 Å². The minimum absolute atomic E-state index is 0.0361. The van der Waals surface area contributed by atoms with Crippen molar-refractivity contribution in [1.82, 2.24) is 9.88 Å². The molecular formula is C27H27N3O2S. The van der Waals surface area contributed by atoms with Crippen molar-refractivity contribution >= 4 is 40.2 Å². The molecule has 0 bridgehead atoms. The smallest absolute Gasteiger partial charge is 0.251 e. The van der Waals surface area contributed by atoms with Gasteiger partial charge in [0.1, 0.15) is 0 Å². The first kappa shape index (κ1) is 22.7. The van der Waals surface area contributed by atoms with Crippen LogP contribution in [0.4, 0.5) is 5.69 Å². The zero-order valence-corrected chi connectivity index (χ0v) is 19.6. The van der Waals surface area contributed by atoms with Crippen LogP contribution in [0.25, 0.3) is 10.9 Å². The minimum Gasteiger partial charge on any atom is -0.350 e. The monoisotopic (exact) mass is 457 g/mol. The zero-order valence-electron chi connectivity index (χ0n) is 18.8. The summed E-state index contributed by atoms with van der Waals surface area (Å²) in [5, 5.41) is 7.04. The van der Waals surface area contributed by atoms with Gasteiger partial charge in [-0.3, -0.25) is 9.59 Å². The highest BCUT2D eigenvalue weighted by Gasteiger charge is 2.12. The zero-order chi connectivity index (χ0) is 23.2. The number of fused-ring (bicyclic) bond motifs is 1. The molecule has 0 saturated carbocycles. The van der Waals surface area contributed by atoms with Crippen molar-refractivity contribution in [2.24, 2.45) is 0 Å². The number of nitrogens with one attached hydrogen (secondary N) is 2. The van der Waals surface area contributed by atoms with Gasteiger partial charge in [-0.25, -0.2) is 0 Å². The van der Waals surface area contributed by atoms with Gasteiger partial charge in [-0.05, 0) is 44.2 Å². The molecule has 33 heavy (non-hydrogen) atoms. The number of benzene rings is 3. The van der Waals surface area contributed by atoms with E-state index in [1.807, 2.05) is 74.5 Å². The van der Waals surface area contributed by atoms with Crippen LogP contribution >= 0.6 is 11.8 Å². The lowest BCUT2D eigenvalue weighted by Crippen LogP contribution is -2.27. The Morgan fingerprint density at radius 1 is 0.879 bits per heavy atom. The predicted molar refractivity (Wildman–Crippen MR) is 136 cm³/mol. The van der Waals surface area contributed by atoms with Gasteiger partial charge in [0.25, 0.3) is 5.91 Å². The van der Waals surface area contributed by atoms with Gasteiger partial charge < -0.3 is 15.2 Å². The summed E-state index contributed by atoms with van der Waals surface area (Å²) in [6.07, 6.45) is 2.06. The van der Waals surface area contributed by atoms with Crippen LogP contribution in [0.5, 0.6) is 0 Å². The first-order valence-electron chi connectivity index (χ1n) is 10.9. The minimum atomic E-state index is -0.0752. The molecule has 0 saturated heterocycles. The van der Waals surface area contributed by atoms with E-state index in [2.05, 4.69) is 33.5 Å². The summed E-state index contributed by atoms with van der Waals surface area (Å²) in [5.74, 6) is 0.214. The van der Waals surface area contributed by atoms with Crippen LogP contribution in [-0.2, 0) is 11.3 Å². The Labute approximate surface area is 198 Å². The van der Waals surface area contributed by atoms with E-state index in [4.69, 9.17) is 0 Å². The van der Waals surface area contributed by atoms with E-state index in [1.165, 1.54) is 11.8 Å². The number of carbonyl (C=O) groups is 2. The lowest BCUT2D eigenvalue weighted by Gasteiger charge is -2.08. The number of para-hydroxylation sites is 1. The van der Waals surface area contributed by atoms with E-state index in [0.29, 0.717) is 24.4 Å². The van der Waals surface area contributed by atoms with Crippen molar-refractivity contribution in [3.05, 3.63) is 95.7 Å². The van der Waals surface area contributed by atoms with Crippen molar-refractivity contribution in [3.63, 3.8) is 0 Å². The largest absolute Gasteiger partial charge is 0.350 e. The van der Waals surface area contributed by atoms with Gasteiger partial charge in [-0.15, -0.1) is 11.8 Å². The molecule has 1 aromatic heterocycles. The third kappa shape index (κ3) is 5.84. The number of rotatable bonds is 8. The maximum Gasteiger partial charge on any atom is 0.251 e. The molecule has 0 fully saturated rings. The number of hydrogen-bond acceptors (Lipinski definition) is 3. The summed E-state index contributed by atoms with van der Waals surface area (Å²) in [6, 6.07) is 23.5. The van der Waals surface area contributed by atoms with Crippen molar-refractivity contribution in [1.29, 1.82) is 0 Å². The molecule has 2 N–H and O–H groups in total. The summed E-state index contributed by atoms with van der Waals surface area (Å²) in [4.78, 5) is 25.9. The number of anilines is 1. The van der Waals surface area contributed by atoms with Crippen LogP contribution in [0.1, 0.15) is 21.5 Å². The highest BCUT2D eigenvalue weighted by molar-refractivity contribution is 8.00. The highest BCUT2D eigenvalue weighted by Crippen LogP contribution is 2.30. The first-order chi connectivity index (χ1) is 16.0. The van der Waals surface area contributed by atoms with Gasteiger partial charge in [0.15, 0.2) is 0 Å². The molecule has 0 unspecified atom stereocenters. The standard InChI is InChI=1S/C27H27N3O2S/c1-19-7-11-21(12-8-19)27(32)28-15-16-30-17-25(23-5-3-4-6-24(23)30)33-18-26(31)29-22-13-9-20(2)10-14-22/h3-14,17H,15-16,18H2,1-2H3,(H,28,32)(H,29,31). The van der Waals surface area contributed by atoms with Crippen LogP contribution in [0.15, 0.2) is 83.9 Å². The van der Waals surface area contributed by atoms with Gasteiger partial charge in [-0.1, -0.05) is 53.6 Å². The molecule has 4 rings (SSSR count). The van der Waals surface area contributed by atoms with Crippen molar-refractivity contribution in [2.45, 2.75) is 25.3 Å².